The standard InChI is InChI=1S/C25H23FN4O4S/c1-32-20-13-16(14-21(33-2)23(20)34-3)24-28-29-25(30(24)19-12-8-7-11-18(19)26)35-15-22(31)27-17-9-5-4-6-10-17/h4-14H,15H2,1-3H3,(H,27,31). The third kappa shape index (κ3) is 5.22. The summed E-state index contributed by atoms with van der Waals surface area (Å²) in [5, 5.41) is 11.7. The van der Waals surface area contributed by atoms with Gasteiger partial charge in [0.05, 0.1) is 32.8 Å². The number of benzene rings is 3. The monoisotopic (exact) mass is 494 g/mol. The number of carbonyl (C=O) groups is 1. The van der Waals surface area contributed by atoms with E-state index in [4.69, 9.17) is 14.2 Å². The minimum absolute atomic E-state index is 0.0523. The number of methoxy groups -OCH3 is 3. The Bertz CT molecular complexity index is 1310. The van der Waals surface area contributed by atoms with Gasteiger partial charge in [0, 0.05) is 11.3 Å². The number of hydrogen-bond donors (Lipinski definition) is 1. The van der Waals surface area contributed by atoms with Crippen molar-refractivity contribution in [2.75, 3.05) is 32.4 Å². The average molecular weight is 495 g/mol. The molecule has 4 aromatic rings. The first-order chi connectivity index (χ1) is 17.0. The Morgan fingerprint density at radius 2 is 1.60 bits per heavy atom. The fourth-order valence-electron chi connectivity index (χ4n) is 3.46. The van der Waals surface area contributed by atoms with Crippen molar-refractivity contribution in [3.05, 3.63) is 72.5 Å². The number of ether oxygens (including phenoxy) is 3. The van der Waals surface area contributed by atoms with Crippen molar-refractivity contribution in [2.45, 2.75) is 5.16 Å². The number of thioether (sulfide) groups is 1. The van der Waals surface area contributed by atoms with Gasteiger partial charge in [-0.3, -0.25) is 9.36 Å². The summed E-state index contributed by atoms with van der Waals surface area (Å²) in [5.74, 6) is 0.970. The number of anilines is 1. The predicted molar refractivity (Wildman–Crippen MR) is 132 cm³/mol. The first-order valence-corrected chi connectivity index (χ1v) is 11.5. The minimum Gasteiger partial charge on any atom is -0.493 e. The fraction of sp³-hybridized carbons (Fsp3) is 0.160. The molecule has 0 aliphatic carbocycles. The Morgan fingerprint density at radius 1 is 0.943 bits per heavy atom. The minimum atomic E-state index is -0.462. The molecule has 3 aromatic carbocycles. The zero-order valence-electron chi connectivity index (χ0n) is 19.3. The largest absolute Gasteiger partial charge is 0.493 e. The van der Waals surface area contributed by atoms with E-state index >= 15 is 0 Å². The van der Waals surface area contributed by atoms with E-state index < -0.39 is 5.82 Å². The highest BCUT2D eigenvalue weighted by Crippen LogP contribution is 2.41. The number of rotatable bonds is 9. The molecule has 1 aromatic heterocycles. The lowest BCUT2D eigenvalue weighted by atomic mass is 10.1. The summed E-state index contributed by atoms with van der Waals surface area (Å²) >= 11 is 1.14. The van der Waals surface area contributed by atoms with Gasteiger partial charge in [0.2, 0.25) is 11.7 Å². The normalized spacial score (nSPS) is 10.6. The maximum Gasteiger partial charge on any atom is 0.234 e. The van der Waals surface area contributed by atoms with Crippen molar-refractivity contribution in [2.24, 2.45) is 0 Å². The van der Waals surface area contributed by atoms with Gasteiger partial charge in [-0.05, 0) is 36.4 Å². The second kappa shape index (κ2) is 10.9. The molecule has 0 saturated heterocycles. The van der Waals surface area contributed by atoms with E-state index in [1.165, 1.54) is 27.4 Å². The van der Waals surface area contributed by atoms with Crippen molar-refractivity contribution < 1.29 is 23.4 Å². The maximum atomic E-state index is 14.9. The lowest BCUT2D eigenvalue weighted by Crippen LogP contribution is -2.14. The number of nitrogens with one attached hydrogen (secondary N) is 1. The van der Waals surface area contributed by atoms with Crippen molar-refractivity contribution >= 4 is 23.4 Å². The molecule has 10 heteroatoms. The molecule has 1 N–H and O–H groups in total. The van der Waals surface area contributed by atoms with Gasteiger partial charge in [-0.2, -0.15) is 0 Å². The Kier molecular flexibility index (Phi) is 7.51. The smallest absolute Gasteiger partial charge is 0.234 e. The van der Waals surface area contributed by atoms with Gasteiger partial charge in [0.1, 0.15) is 5.82 Å². The summed E-state index contributed by atoms with van der Waals surface area (Å²) in [5.41, 5.74) is 1.50. The van der Waals surface area contributed by atoms with Crippen LogP contribution >= 0.6 is 11.8 Å². The number of halogens is 1. The SMILES string of the molecule is COc1cc(-c2nnc(SCC(=O)Nc3ccccc3)n2-c2ccccc2F)cc(OC)c1OC. The van der Waals surface area contributed by atoms with Crippen LogP contribution in [0, 0.1) is 5.82 Å². The zero-order chi connectivity index (χ0) is 24.8. The Balaban J connectivity index is 1.73. The van der Waals surface area contributed by atoms with E-state index in [0.29, 0.717) is 39.5 Å². The van der Waals surface area contributed by atoms with E-state index in [9.17, 15) is 9.18 Å². The molecule has 180 valence electrons. The van der Waals surface area contributed by atoms with E-state index in [-0.39, 0.29) is 17.3 Å². The van der Waals surface area contributed by atoms with Crippen LogP contribution < -0.4 is 19.5 Å². The van der Waals surface area contributed by atoms with Crippen LogP contribution in [0.15, 0.2) is 71.9 Å². The molecular weight excluding hydrogens is 471 g/mol. The van der Waals surface area contributed by atoms with E-state index in [2.05, 4.69) is 15.5 Å². The second-order valence-corrected chi connectivity index (χ2v) is 8.15. The third-order valence-corrected chi connectivity index (χ3v) is 5.97. The molecule has 0 atom stereocenters. The summed E-state index contributed by atoms with van der Waals surface area (Å²) in [6.07, 6.45) is 0. The molecule has 0 aliphatic heterocycles. The molecule has 0 spiro atoms. The predicted octanol–water partition coefficient (Wildman–Crippen LogP) is 4.83. The fourth-order valence-corrected chi connectivity index (χ4v) is 4.20. The molecular formula is C25H23FN4O4S. The van der Waals surface area contributed by atoms with Crippen LogP contribution in [0.1, 0.15) is 0 Å². The van der Waals surface area contributed by atoms with Crippen LogP contribution in [-0.4, -0.2) is 47.8 Å². The van der Waals surface area contributed by atoms with Crippen molar-refractivity contribution in [1.82, 2.24) is 14.8 Å². The van der Waals surface area contributed by atoms with E-state index in [1.807, 2.05) is 18.2 Å². The van der Waals surface area contributed by atoms with Crippen molar-refractivity contribution in [3.8, 4) is 34.3 Å². The molecule has 0 aliphatic rings. The zero-order valence-corrected chi connectivity index (χ0v) is 20.1. The Morgan fingerprint density at radius 3 is 2.23 bits per heavy atom. The Labute approximate surface area is 206 Å². The summed E-state index contributed by atoms with van der Waals surface area (Å²) < 4.78 is 32.8. The van der Waals surface area contributed by atoms with Crippen molar-refractivity contribution in [3.63, 3.8) is 0 Å². The number of hydrogen-bond acceptors (Lipinski definition) is 7. The summed E-state index contributed by atoms with van der Waals surface area (Å²) in [4.78, 5) is 12.5. The highest BCUT2D eigenvalue weighted by Gasteiger charge is 2.22. The van der Waals surface area contributed by atoms with Gasteiger partial charge in [-0.1, -0.05) is 42.1 Å². The first-order valence-electron chi connectivity index (χ1n) is 10.5. The summed E-state index contributed by atoms with van der Waals surface area (Å²) in [7, 11) is 4.53. The lowest BCUT2D eigenvalue weighted by molar-refractivity contribution is -0.113. The second-order valence-electron chi connectivity index (χ2n) is 7.21. The van der Waals surface area contributed by atoms with Crippen LogP contribution in [0.5, 0.6) is 17.2 Å². The van der Waals surface area contributed by atoms with Gasteiger partial charge >= 0.3 is 0 Å². The lowest BCUT2D eigenvalue weighted by Gasteiger charge is -2.15. The van der Waals surface area contributed by atoms with Gasteiger partial charge in [0.15, 0.2) is 22.5 Å². The van der Waals surface area contributed by atoms with Crippen LogP contribution in [0.2, 0.25) is 0 Å². The molecule has 0 unspecified atom stereocenters. The Hall–Kier alpha value is -4.05. The van der Waals surface area contributed by atoms with Crippen LogP contribution in [-0.2, 0) is 4.79 Å². The first kappa shape index (κ1) is 24.1. The molecule has 0 fully saturated rings. The van der Waals surface area contributed by atoms with Gasteiger partial charge in [0.25, 0.3) is 0 Å². The molecule has 1 heterocycles. The third-order valence-electron chi connectivity index (χ3n) is 5.04. The molecule has 0 bridgehead atoms. The number of nitrogens with zero attached hydrogens (tertiary/aromatic N) is 3. The van der Waals surface area contributed by atoms with E-state index in [1.54, 1.807) is 47.0 Å². The van der Waals surface area contributed by atoms with Crippen LogP contribution in [0.3, 0.4) is 0 Å². The molecule has 8 nitrogen and oxygen atoms in total. The molecule has 0 radical (unpaired) electrons. The number of para-hydroxylation sites is 2. The molecule has 1 amide bonds. The molecule has 4 rings (SSSR count). The number of amides is 1. The van der Waals surface area contributed by atoms with Gasteiger partial charge in [-0.15, -0.1) is 10.2 Å². The van der Waals surface area contributed by atoms with E-state index in [0.717, 1.165) is 11.8 Å². The van der Waals surface area contributed by atoms with Crippen LogP contribution in [0.4, 0.5) is 10.1 Å². The summed E-state index contributed by atoms with van der Waals surface area (Å²) in [6, 6.07) is 18.8. The van der Waals surface area contributed by atoms with Crippen molar-refractivity contribution in [1.29, 1.82) is 0 Å². The highest BCUT2D eigenvalue weighted by atomic mass is 32.2. The topological polar surface area (TPSA) is 87.5 Å². The van der Waals surface area contributed by atoms with Gasteiger partial charge < -0.3 is 19.5 Å². The van der Waals surface area contributed by atoms with Gasteiger partial charge in [-0.25, -0.2) is 4.39 Å². The molecule has 35 heavy (non-hydrogen) atoms. The molecule has 0 saturated carbocycles. The summed E-state index contributed by atoms with van der Waals surface area (Å²) in [6.45, 7) is 0. The highest BCUT2D eigenvalue weighted by molar-refractivity contribution is 7.99. The van der Waals surface area contributed by atoms with Crippen LogP contribution in [0.25, 0.3) is 17.1 Å². The maximum absolute atomic E-state index is 14.9. The number of carbonyl (C=O) groups excluding carboxylic acids is 1. The average Bonchev–Trinajstić information content (AvgIpc) is 3.31. The number of aromatic nitrogens is 3. The quantitative estimate of drug-likeness (QED) is 0.334.